The van der Waals surface area contributed by atoms with Gasteiger partial charge < -0.3 is 5.32 Å². The molecule has 1 aromatic rings. The summed E-state index contributed by atoms with van der Waals surface area (Å²) in [6.07, 6.45) is 9.36. The molecule has 0 bridgehead atoms. The Labute approximate surface area is 110 Å². The third-order valence-electron chi connectivity index (χ3n) is 3.83. The Morgan fingerprint density at radius 2 is 2.33 bits per heavy atom. The molecule has 100 valence electrons. The van der Waals surface area contributed by atoms with Crippen LogP contribution in [0.1, 0.15) is 44.8 Å². The summed E-state index contributed by atoms with van der Waals surface area (Å²) in [4.78, 5) is 11.1. The number of nitrogens with one attached hydrogen (secondary N) is 1. The quantitative estimate of drug-likeness (QED) is 0.865. The van der Waals surface area contributed by atoms with E-state index < -0.39 is 0 Å². The van der Waals surface area contributed by atoms with Gasteiger partial charge in [0, 0.05) is 31.2 Å². The minimum absolute atomic E-state index is 0.340. The molecule has 1 saturated heterocycles. The highest BCUT2D eigenvalue weighted by Crippen LogP contribution is 2.18. The van der Waals surface area contributed by atoms with Crippen molar-refractivity contribution >= 4 is 0 Å². The molecule has 0 spiro atoms. The van der Waals surface area contributed by atoms with Gasteiger partial charge in [0.1, 0.15) is 0 Å². The molecule has 0 radical (unpaired) electrons. The lowest BCUT2D eigenvalue weighted by Gasteiger charge is -2.33. The smallest absolute Gasteiger partial charge is 0.0755 e. The van der Waals surface area contributed by atoms with Crippen LogP contribution >= 0.6 is 0 Å². The summed E-state index contributed by atoms with van der Waals surface area (Å²) in [6, 6.07) is 0.977. The minimum Gasteiger partial charge on any atom is -0.313 e. The molecule has 18 heavy (non-hydrogen) atoms. The lowest BCUT2D eigenvalue weighted by molar-refractivity contribution is 0.181. The van der Waals surface area contributed by atoms with E-state index in [-0.39, 0.29) is 0 Å². The van der Waals surface area contributed by atoms with E-state index >= 15 is 0 Å². The van der Waals surface area contributed by atoms with Crippen molar-refractivity contribution in [3.05, 3.63) is 24.3 Å². The Kier molecular flexibility index (Phi) is 5.08. The Hall–Kier alpha value is -1.00. The molecule has 2 rings (SSSR count). The van der Waals surface area contributed by atoms with Gasteiger partial charge in [-0.1, -0.05) is 13.3 Å². The molecule has 1 N–H and O–H groups in total. The topological polar surface area (TPSA) is 41.0 Å². The maximum Gasteiger partial charge on any atom is 0.0755 e. The Morgan fingerprint density at radius 3 is 2.94 bits per heavy atom. The number of likely N-dealkylation sites (N-methyl/N-ethyl adjacent to an activating group) is 1. The van der Waals surface area contributed by atoms with Crippen LogP contribution in [-0.2, 0) is 0 Å². The van der Waals surface area contributed by atoms with E-state index in [1.54, 1.807) is 12.4 Å². The number of hydrogen-bond donors (Lipinski definition) is 1. The van der Waals surface area contributed by atoms with Crippen LogP contribution in [0.5, 0.6) is 0 Å². The van der Waals surface area contributed by atoms with Gasteiger partial charge in [-0.3, -0.25) is 14.9 Å². The number of nitrogens with zero attached hydrogens (tertiary/aromatic N) is 3. The van der Waals surface area contributed by atoms with Gasteiger partial charge in [-0.2, -0.15) is 0 Å². The molecule has 1 aliphatic rings. The van der Waals surface area contributed by atoms with Gasteiger partial charge in [-0.25, -0.2) is 0 Å². The van der Waals surface area contributed by atoms with Crippen molar-refractivity contribution in [3.63, 3.8) is 0 Å². The van der Waals surface area contributed by atoms with Crippen LogP contribution in [-0.4, -0.2) is 40.5 Å². The summed E-state index contributed by atoms with van der Waals surface area (Å²) in [6.45, 7) is 7.76. The van der Waals surface area contributed by atoms with Crippen molar-refractivity contribution in [2.75, 3.05) is 19.6 Å². The van der Waals surface area contributed by atoms with Crippen molar-refractivity contribution in [2.24, 2.45) is 0 Å². The highest BCUT2D eigenvalue weighted by atomic mass is 15.2. The Balaban J connectivity index is 1.95. The fourth-order valence-electron chi connectivity index (χ4n) is 2.64. The Morgan fingerprint density at radius 1 is 1.44 bits per heavy atom. The summed E-state index contributed by atoms with van der Waals surface area (Å²) < 4.78 is 0. The molecule has 0 amide bonds. The van der Waals surface area contributed by atoms with Gasteiger partial charge in [-0.05, 0) is 32.9 Å². The van der Waals surface area contributed by atoms with E-state index in [1.165, 1.54) is 25.8 Å². The second-order valence-corrected chi connectivity index (χ2v) is 5.04. The molecular weight excluding hydrogens is 224 g/mol. The maximum absolute atomic E-state index is 4.42. The molecular formula is C14H24N4. The zero-order chi connectivity index (χ0) is 12.8. The fraction of sp³-hybridized carbons (Fsp3) is 0.714. The standard InChI is InChI=1S/C14H24N4/c1-3-18(11-13-6-4-5-7-16-13)12(2)14-10-15-8-9-17-14/h8-10,12-13,16H,3-7,11H2,1-2H3. The highest BCUT2D eigenvalue weighted by molar-refractivity contribution is 5.01. The van der Waals surface area contributed by atoms with Crippen LogP contribution in [0, 0.1) is 0 Å². The molecule has 0 aliphatic carbocycles. The first-order chi connectivity index (χ1) is 8.81. The molecule has 2 atom stereocenters. The van der Waals surface area contributed by atoms with Gasteiger partial charge in [0.15, 0.2) is 0 Å². The lowest BCUT2D eigenvalue weighted by Crippen LogP contribution is -2.44. The van der Waals surface area contributed by atoms with E-state index in [9.17, 15) is 0 Å². The monoisotopic (exact) mass is 248 g/mol. The number of hydrogen-bond acceptors (Lipinski definition) is 4. The zero-order valence-electron chi connectivity index (χ0n) is 11.5. The average Bonchev–Trinajstić information content (AvgIpc) is 2.46. The first kappa shape index (κ1) is 13.4. The molecule has 1 aliphatic heterocycles. The molecule has 0 aromatic carbocycles. The maximum atomic E-state index is 4.42. The predicted molar refractivity (Wildman–Crippen MR) is 73.3 cm³/mol. The summed E-state index contributed by atoms with van der Waals surface area (Å²) in [5, 5.41) is 3.61. The van der Waals surface area contributed by atoms with Crippen LogP contribution in [0.15, 0.2) is 18.6 Å². The summed E-state index contributed by atoms with van der Waals surface area (Å²) >= 11 is 0. The van der Waals surface area contributed by atoms with E-state index in [4.69, 9.17) is 0 Å². The van der Waals surface area contributed by atoms with E-state index in [0.717, 1.165) is 18.8 Å². The second-order valence-electron chi connectivity index (χ2n) is 5.04. The number of aromatic nitrogens is 2. The lowest BCUT2D eigenvalue weighted by atomic mass is 10.0. The van der Waals surface area contributed by atoms with E-state index in [1.807, 2.05) is 6.20 Å². The third-order valence-corrected chi connectivity index (χ3v) is 3.83. The van der Waals surface area contributed by atoms with Crippen molar-refractivity contribution in [1.29, 1.82) is 0 Å². The Bertz CT molecular complexity index is 335. The van der Waals surface area contributed by atoms with Crippen LogP contribution in [0.25, 0.3) is 0 Å². The molecule has 2 unspecified atom stereocenters. The SMILES string of the molecule is CCN(CC1CCCCN1)C(C)c1cnccn1. The average molecular weight is 248 g/mol. The third kappa shape index (κ3) is 3.50. The van der Waals surface area contributed by atoms with Crippen LogP contribution in [0.2, 0.25) is 0 Å². The van der Waals surface area contributed by atoms with Crippen LogP contribution in [0.3, 0.4) is 0 Å². The summed E-state index contributed by atoms with van der Waals surface area (Å²) in [5.41, 5.74) is 1.06. The van der Waals surface area contributed by atoms with Gasteiger partial charge in [-0.15, -0.1) is 0 Å². The second kappa shape index (κ2) is 6.81. The molecule has 2 heterocycles. The molecule has 4 heteroatoms. The molecule has 1 aromatic heterocycles. The normalized spacial score (nSPS) is 22.1. The first-order valence-corrected chi connectivity index (χ1v) is 7.04. The predicted octanol–water partition coefficient (Wildman–Crippen LogP) is 2.00. The molecule has 1 fully saturated rings. The van der Waals surface area contributed by atoms with Gasteiger partial charge >= 0.3 is 0 Å². The van der Waals surface area contributed by atoms with Crippen molar-refractivity contribution < 1.29 is 0 Å². The van der Waals surface area contributed by atoms with Gasteiger partial charge in [0.05, 0.1) is 11.7 Å². The van der Waals surface area contributed by atoms with Crippen LogP contribution < -0.4 is 5.32 Å². The fourth-order valence-corrected chi connectivity index (χ4v) is 2.64. The number of piperidine rings is 1. The minimum atomic E-state index is 0.340. The highest BCUT2D eigenvalue weighted by Gasteiger charge is 2.20. The van der Waals surface area contributed by atoms with E-state index in [2.05, 4.69) is 34.0 Å². The van der Waals surface area contributed by atoms with Crippen molar-refractivity contribution in [1.82, 2.24) is 20.2 Å². The zero-order valence-corrected chi connectivity index (χ0v) is 11.5. The first-order valence-electron chi connectivity index (χ1n) is 7.04. The molecule has 0 saturated carbocycles. The summed E-state index contributed by atoms with van der Waals surface area (Å²) in [7, 11) is 0. The number of rotatable bonds is 5. The summed E-state index contributed by atoms with van der Waals surface area (Å²) in [5.74, 6) is 0. The van der Waals surface area contributed by atoms with E-state index in [0.29, 0.717) is 12.1 Å². The molecule has 4 nitrogen and oxygen atoms in total. The van der Waals surface area contributed by atoms with Crippen molar-refractivity contribution in [2.45, 2.75) is 45.2 Å². The largest absolute Gasteiger partial charge is 0.313 e. The van der Waals surface area contributed by atoms with Gasteiger partial charge in [0.25, 0.3) is 0 Å². The van der Waals surface area contributed by atoms with Crippen molar-refractivity contribution in [3.8, 4) is 0 Å². The van der Waals surface area contributed by atoms with Gasteiger partial charge in [0.2, 0.25) is 0 Å². The van der Waals surface area contributed by atoms with Crippen LogP contribution in [0.4, 0.5) is 0 Å².